The van der Waals surface area contributed by atoms with Crippen LogP contribution < -0.4 is 9.62 Å². The molecular weight excluding hydrogens is 364 g/mol. The molecule has 1 aliphatic heterocycles. The summed E-state index contributed by atoms with van der Waals surface area (Å²) in [7, 11) is -3.77. The highest BCUT2D eigenvalue weighted by Gasteiger charge is 2.25. The highest BCUT2D eigenvalue weighted by Crippen LogP contribution is 2.31. The summed E-state index contributed by atoms with van der Waals surface area (Å²) in [4.78, 5) is 14.0. The van der Waals surface area contributed by atoms with E-state index >= 15 is 0 Å². The predicted octanol–water partition coefficient (Wildman–Crippen LogP) is 3.67. The highest BCUT2D eigenvalue weighted by molar-refractivity contribution is 7.92. The van der Waals surface area contributed by atoms with Gasteiger partial charge in [-0.2, -0.15) is 0 Å². The largest absolute Gasteiger partial charge is 0.478 e. The van der Waals surface area contributed by atoms with Crippen LogP contribution in [0, 0.1) is 11.8 Å². The van der Waals surface area contributed by atoms with Crippen molar-refractivity contribution >= 4 is 27.4 Å². The Hall–Kier alpha value is -2.54. The topological polar surface area (TPSA) is 86.7 Å². The zero-order valence-corrected chi connectivity index (χ0v) is 16.2. The molecule has 0 saturated carbocycles. The summed E-state index contributed by atoms with van der Waals surface area (Å²) < 4.78 is 27.4. The highest BCUT2D eigenvalue weighted by atomic mass is 32.2. The minimum Gasteiger partial charge on any atom is -0.478 e. The second-order valence-electron chi connectivity index (χ2n) is 7.31. The SMILES string of the molecule is C[C@@H]1C[C@H](C)CN(c2ccc(NS(=O)(=O)c3ccccc3)cc2C(=O)O)C1. The molecule has 144 valence electrons. The summed E-state index contributed by atoms with van der Waals surface area (Å²) in [5, 5.41) is 9.66. The molecule has 27 heavy (non-hydrogen) atoms. The first-order chi connectivity index (χ1) is 12.8. The number of sulfonamides is 1. The molecule has 1 heterocycles. The average molecular weight is 388 g/mol. The Morgan fingerprint density at radius 3 is 2.30 bits per heavy atom. The monoisotopic (exact) mass is 388 g/mol. The summed E-state index contributed by atoms with van der Waals surface area (Å²) in [5.41, 5.74) is 0.964. The van der Waals surface area contributed by atoms with Gasteiger partial charge in [0.15, 0.2) is 0 Å². The molecule has 3 rings (SSSR count). The molecule has 1 fully saturated rings. The molecule has 2 N–H and O–H groups in total. The van der Waals surface area contributed by atoms with Gasteiger partial charge in [0.25, 0.3) is 10.0 Å². The van der Waals surface area contributed by atoms with E-state index < -0.39 is 16.0 Å². The molecule has 0 aromatic heterocycles. The van der Waals surface area contributed by atoms with Crippen molar-refractivity contribution in [1.82, 2.24) is 0 Å². The van der Waals surface area contributed by atoms with Gasteiger partial charge < -0.3 is 10.0 Å². The maximum Gasteiger partial charge on any atom is 0.337 e. The third-order valence-corrected chi connectivity index (χ3v) is 6.14. The van der Waals surface area contributed by atoms with Crippen molar-refractivity contribution in [2.24, 2.45) is 11.8 Å². The maximum absolute atomic E-state index is 12.5. The van der Waals surface area contributed by atoms with Gasteiger partial charge in [-0.15, -0.1) is 0 Å². The van der Waals surface area contributed by atoms with Crippen LogP contribution in [0.5, 0.6) is 0 Å². The minimum atomic E-state index is -3.77. The van der Waals surface area contributed by atoms with Crippen LogP contribution >= 0.6 is 0 Å². The van der Waals surface area contributed by atoms with Crippen molar-refractivity contribution in [3.63, 3.8) is 0 Å². The number of carboxylic acids is 1. The third kappa shape index (κ3) is 4.42. The number of benzene rings is 2. The zero-order chi connectivity index (χ0) is 19.6. The summed E-state index contributed by atoms with van der Waals surface area (Å²) in [5.74, 6) is -0.116. The Balaban J connectivity index is 1.91. The molecule has 0 bridgehead atoms. The fourth-order valence-electron chi connectivity index (χ4n) is 3.72. The normalized spacial score (nSPS) is 20.3. The van der Waals surface area contributed by atoms with Crippen LogP contribution in [0.1, 0.15) is 30.6 Å². The summed E-state index contributed by atoms with van der Waals surface area (Å²) in [6.45, 7) is 5.90. The number of nitrogens with zero attached hydrogens (tertiary/aromatic N) is 1. The molecular formula is C20H24N2O4S. The summed E-state index contributed by atoms with van der Waals surface area (Å²) >= 11 is 0. The van der Waals surface area contributed by atoms with Gasteiger partial charge in [-0.25, -0.2) is 13.2 Å². The quantitative estimate of drug-likeness (QED) is 0.816. The van der Waals surface area contributed by atoms with Gasteiger partial charge in [0, 0.05) is 18.8 Å². The molecule has 0 unspecified atom stereocenters. The third-order valence-electron chi connectivity index (χ3n) is 4.74. The first-order valence-electron chi connectivity index (χ1n) is 8.96. The van der Waals surface area contributed by atoms with Crippen molar-refractivity contribution < 1.29 is 18.3 Å². The smallest absolute Gasteiger partial charge is 0.337 e. The molecule has 6 nitrogen and oxygen atoms in total. The number of piperidine rings is 1. The zero-order valence-electron chi connectivity index (χ0n) is 15.4. The minimum absolute atomic E-state index is 0.101. The number of rotatable bonds is 5. The average Bonchev–Trinajstić information content (AvgIpc) is 2.61. The van der Waals surface area contributed by atoms with Crippen molar-refractivity contribution in [3.8, 4) is 0 Å². The van der Waals surface area contributed by atoms with E-state index in [0.29, 0.717) is 17.5 Å². The molecule has 1 aliphatic rings. The van der Waals surface area contributed by atoms with E-state index in [0.717, 1.165) is 19.5 Å². The molecule has 0 amide bonds. The Kier molecular flexibility index (Phi) is 5.41. The van der Waals surface area contributed by atoms with E-state index in [1.165, 1.54) is 18.2 Å². The van der Waals surface area contributed by atoms with E-state index in [1.807, 2.05) is 0 Å². The molecule has 7 heteroatoms. The van der Waals surface area contributed by atoms with Crippen LogP contribution in [-0.2, 0) is 10.0 Å². The van der Waals surface area contributed by atoms with E-state index in [-0.39, 0.29) is 16.1 Å². The molecule has 2 aromatic carbocycles. The molecule has 0 radical (unpaired) electrons. The van der Waals surface area contributed by atoms with Crippen molar-refractivity contribution in [1.29, 1.82) is 0 Å². The van der Waals surface area contributed by atoms with E-state index in [2.05, 4.69) is 23.5 Å². The van der Waals surface area contributed by atoms with Gasteiger partial charge in [-0.1, -0.05) is 32.0 Å². The second-order valence-corrected chi connectivity index (χ2v) is 8.99. The Labute approximate surface area is 159 Å². The number of nitrogens with one attached hydrogen (secondary N) is 1. The van der Waals surface area contributed by atoms with Crippen LogP contribution in [0.2, 0.25) is 0 Å². The number of hydrogen-bond donors (Lipinski definition) is 2. The molecule has 2 aromatic rings. The molecule has 0 spiro atoms. The van der Waals surface area contributed by atoms with Gasteiger partial charge in [0.1, 0.15) is 0 Å². The number of carboxylic acid groups (broad SMARTS) is 1. The lowest BCUT2D eigenvalue weighted by molar-refractivity contribution is 0.0697. The standard InChI is InChI=1S/C20H24N2O4S/c1-14-10-15(2)13-22(12-14)19-9-8-16(11-18(19)20(23)24)21-27(25,26)17-6-4-3-5-7-17/h3-9,11,14-15,21H,10,12-13H2,1-2H3,(H,23,24)/t14-,15+. The van der Waals surface area contributed by atoms with Gasteiger partial charge in [0.05, 0.1) is 16.1 Å². The van der Waals surface area contributed by atoms with Crippen molar-refractivity contribution in [2.45, 2.75) is 25.2 Å². The first kappa shape index (κ1) is 19.2. The van der Waals surface area contributed by atoms with Crippen LogP contribution in [0.4, 0.5) is 11.4 Å². The second kappa shape index (κ2) is 7.60. The van der Waals surface area contributed by atoms with Crippen LogP contribution in [0.3, 0.4) is 0 Å². The van der Waals surface area contributed by atoms with E-state index in [9.17, 15) is 18.3 Å². The van der Waals surface area contributed by atoms with Crippen molar-refractivity contribution in [2.75, 3.05) is 22.7 Å². The number of aromatic carboxylic acids is 1. The number of anilines is 2. The molecule has 2 atom stereocenters. The Morgan fingerprint density at radius 2 is 1.70 bits per heavy atom. The molecule has 0 aliphatic carbocycles. The van der Waals surface area contributed by atoms with Crippen LogP contribution in [0.15, 0.2) is 53.4 Å². The fourth-order valence-corrected chi connectivity index (χ4v) is 4.79. The van der Waals surface area contributed by atoms with Crippen LogP contribution in [-0.4, -0.2) is 32.6 Å². The van der Waals surface area contributed by atoms with Crippen molar-refractivity contribution in [3.05, 3.63) is 54.1 Å². The predicted molar refractivity (Wildman–Crippen MR) is 106 cm³/mol. The van der Waals surface area contributed by atoms with Gasteiger partial charge >= 0.3 is 5.97 Å². The number of carbonyl (C=O) groups is 1. The Bertz CT molecular complexity index is 918. The Morgan fingerprint density at radius 1 is 1.07 bits per heavy atom. The number of hydrogen-bond acceptors (Lipinski definition) is 4. The first-order valence-corrected chi connectivity index (χ1v) is 10.4. The fraction of sp³-hybridized carbons (Fsp3) is 0.350. The summed E-state index contributed by atoms with van der Waals surface area (Å²) in [6.07, 6.45) is 1.12. The van der Waals surface area contributed by atoms with Gasteiger partial charge in [-0.3, -0.25) is 4.72 Å². The van der Waals surface area contributed by atoms with Gasteiger partial charge in [0.2, 0.25) is 0 Å². The van der Waals surface area contributed by atoms with E-state index in [1.54, 1.807) is 30.3 Å². The van der Waals surface area contributed by atoms with E-state index in [4.69, 9.17) is 0 Å². The summed E-state index contributed by atoms with van der Waals surface area (Å²) in [6, 6.07) is 12.7. The van der Waals surface area contributed by atoms with Crippen LogP contribution in [0.25, 0.3) is 0 Å². The lowest BCUT2D eigenvalue weighted by Gasteiger charge is -2.37. The lowest BCUT2D eigenvalue weighted by atomic mass is 9.91. The molecule has 1 saturated heterocycles. The van der Waals surface area contributed by atoms with Gasteiger partial charge in [-0.05, 0) is 48.6 Å². The maximum atomic E-state index is 12.5. The lowest BCUT2D eigenvalue weighted by Crippen LogP contribution is -2.39.